The smallest absolute Gasteiger partial charge is 0.407 e. The van der Waals surface area contributed by atoms with Gasteiger partial charge in [-0.05, 0) is 12.0 Å². The fourth-order valence-corrected chi connectivity index (χ4v) is 2.26. The topological polar surface area (TPSA) is 73.9 Å². The van der Waals surface area contributed by atoms with Crippen molar-refractivity contribution in [2.45, 2.75) is 52.1 Å². The molecule has 0 fully saturated rings. The summed E-state index contributed by atoms with van der Waals surface area (Å²) < 4.78 is 15.5. The summed E-state index contributed by atoms with van der Waals surface area (Å²) in [7, 11) is 0. The third-order valence-corrected chi connectivity index (χ3v) is 3.70. The number of benzene rings is 1. The Labute approximate surface area is 156 Å². The summed E-state index contributed by atoms with van der Waals surface area (Å²) in [6.07, 6.45) is 5.54. The molecule has 0 aliphatic carbocycles. The van der Waals surface area contributed by atoms with Gasteiger partial charge in [0.2, 0.25) is 0 Å². The minimum absolute atomic E-state index is 0.173. The maximum Gasteiger partial charge on any atom is 0.407 e. The molecular weight excluding hydrogens is 334 g/mol. The summed E-state index contributed by atoms with van der Waals surface area (Å²) in [5.41, 5.74) is 0.936. The van der Waals surface area contributed by atoms with Crippen LogP contribution in [0.4, 0.5) is 4.79 Å². The number of ether oxygens (including phenoxy) is 3. The zero-order valence-corrected chi connectivity index (χ0v) is 15.7. The van der Waals surface area contributed by atoms with E-state index >= 15 is 0 Å². The van der Waals surface area contributed by atoms with Crippen LogP contribution in [0, 0.1) is 0 Å². The van der Waals surface area contributed by atoms with E-state index in [0.717, 1.165) is 18.4 Å². The van der Waals surface area contributed by atoms with Gasteiger partial charge in [-0.3, -0.25) is 4.79 Å². The summed E-state index contributed by atoms with van der Waals surface area (Å²) in [5.74, 6) is -0.173. The SMILES string of the molecule is CCCCCCCC(=O)OCCOCCNC(=O)OCc1ccccc1. The van der Waals surface area contributed by atoms with Crippen LogP contribution in [0.2, 0.25) is 0 Å². The quantitative estimate of drug-likeness (QED) is 0.401. The van der Waals surface area contributed by atoms with Crippen molar-refractivity contribution in [3.05, 3.63) is 35.9 Å². The summed E-state index contributed by atoms with van der Waals surface area (Å²) in [4.78, 5) is 23.0. The Morgan fingerprint density at radius 3 is 2.46 bits per heavy atom. The fourth-order valence-electron chi connectivity index (χ4n) is 2.26. The number of amides is 1. The molecule has 0 aromatic heterocycles. The molecule has 1 amide bonds. The predicted molar refractivity (Wildman–Crippen MR) is 99.8 cm³/mol. The number of carbonyl (C=O) groups excluding carboxylic acids is 2. The number of hydrogen-bond acceptors (Lipinski definition) is 5. The van der Waals surface area contributed by atoms with Gasteiger partial charge in [-0.2, -0.15) is 0 Å². The van der Waals surface area contributed by atoms with Crippen molar-refractivity contribution in [1.82, 2.24) is 5.32 Å². The van der Waals surface area contributed by atoms with Gasteiger partial charge < -0.3 is 19.5 Å². The molecule has 1 aromatic carbocycles. The van der Waals surface area contributed by atoms with Gasteiger partial charge in [0, 0.05) is 13.0 Å². The molecule has 6 heteroatoms. The molecule has 0 bridgehead atoms. The van der Waals surface area contributed by atoms with Crippen molar-refractivity contribution in [3.8, 4) is 0 Å². The minimum atomic E-state index is -0.480. The Morgan fingerprint density at radius 1 is 0.923 bits per heavy atom. The van der Waals surface area contributed by atoms with Crippen LogP contribution in [-0.2, 0) is 25.6 Å². The number of rotatable bonds is 14. The van der Waals surface area contributed by atoms with Crippen molar-refractivity contribution in [2.75, 3.05) is 26.4 Å². The zero-order valence-electron chi connectivity index (χ0n) is 15.7. The number of carbonyl (C=O) groups is 2. The standard InChI is InChI=1S/C20H31NO5/c1-2-3-4-5-9-12-19(22)25-16-15-24-14-13-21-20(23)26-17-18-10-7-6-8-11-18/h6-8,10-11H,2-5,9,12-17H2,1H3,(H,21,23). The van der Waals surface area contributed by atoms with E-state index in [4.69, 9.17) is 14.2 Å². The molecule has 0 saturated heterocycles. The van der Waals surface area contributed by atoms with Crippen LogP contribution < -0.4 is 5.32 Å². The maximum absolute atomic E-state index is 11.5. The molecule has 0 spiro atoms. The van der Waals surface area contributed by atoms with Crippen molar-refractivity contribution < 1.29 is 23.8 Å². The van der Waals surface area contributed by atoms with Crippen LogP contribution in [0.5, 0.6) is 0 Å². The molecule has 0 heterocycles. The van der Waals surface area contributed by atoms with Gasteiger partial charge in [-0.25, -0.2) is 4.79 Å². The number of alkyl carbamates (subject to hydrolysis) is 1. The van der Waals surface area contributed by atoms with Crippen molar-refractivity contribution in [1.29, 1.82) is 0 Å². The third kappa shape index (κ3) is 12.3. The molecule has 26 heavy (non-hydrogen) atoms. The monoisotopic (exact) mass is 365 g/mol. The van der Waals surface area contributed by atoms with Gasteiger partial charge in [0.05, 0.1) is 13.2 Å². The average Bonchev–Trinajstić information content (AvgIpc) is 2.66. The highest BCUT2D eigenvalue weighted by atomic mass is 16.6. The van der Waals surface area contributed by atoms with Crippen LogP contribution in [0.1, 0.15) is 51.0 Å². The van der Waals surface area contributed by atoms with Gasteiger partial charge in [0.25, 0.3) is 0 Å². The predicted octanol–water partition coefficient (Wildman–Crippen LogP) is 3.83. The van der Waals surface area contributed by atoms with Crippen LogP contribution in [0.25, 0.3) is 0 Å². The molecule has 0 unspecified atom stereocenters. The van der Waals surface area contributed by atoms with Crippen LogP contribution in [-0.4, -0.2) is 38.4 Å². The largest absolute Gasteiger partial charge is 0.463 e. The first-order chi connectivity index (χ1) is 12.7. The summed E-state index contributed by atoms with van der Waals surface area (Å²) >= 11 is 0. The molecule has 0 aliphatic rings. The van der Waals surface area contributed by atoms with E-state index < -0.39 is 6.09 Å². The van der Waals surface area contributed by atoms with Crippen LogP contribution in [0.3, 0.4) is 0 Å². The fraction of sp³-hybridized carbons (Fsp3) is 0.600. The molecule has 0 atom stereocenters. The normalized spacial score (nSPS) is 10.3. The Hall–Kier alpha value is -2.08. The Kier molecular flexibility index (Phi) is 12.8. The molecule has 0 saturated carbocycles. The lowest BCUT2D eigenvalue weighted by atomic mass is 10.1. The van der Waals surface area contributed by atoms with E-state index in [1.807, 2.05) is 30.3 Å². The summed E-state index contributed by atoms with van der Waals surface area (Å²) in [5, 5.41) is 2.60. The first kappa shape index (κ1) is 22.0. The molecular formula is C20H31NO5. The lowest BCUT2D eigenvalue weighted by Crippen LogP contribution is -2.28. The van der Waals surface area contributed by atoms with Gasteiger partial charge >= 0.3 is 12.1 Å². The second-order valence-corrected chi connectivity index (χ2v) is 5.99. The summed E-state index contributed by atoms with van der Waals surface area (Å²) in [6, 6.07) is 9.48. The molecule has 0 aliphatic heterocycles. The Morgan fingerprint density at radius 2 is 1.69 bits per heavy atom. The second kappa shape index (κ2) is 15.2. The first-order valence-corrected chi connectivity index (χ1v) is 9.40. The van der Waals surface area contributed by atoms with Gasteiger partial charge in [-0.1, -0.05) is 62.9 Å². The van der Waals surface area contributed by atoms with E-state index in [9.17, 15) is 9.59 Å². The van der Waals surface area contributed by atoms with Gasteiger partial charge in [-0.15, -0.1) is 0 Å². The number of unbranched alkanes of at least 4 members (excludes halogenated alkanes) is 4. The first-order valence-electron chi connectivity index (χ1n) is 9.40. The second-order valence-electron chi connectivity index (χ2n) is 5.99. The highest BCUT2D eigenvalue weighted by Crippen LogP contribution is 2.05. The third-order valence-electron chi connectivity index (χ3n) is 3.70. The average molecular weight is 365 g/mol. The molecule has 146 valence electrons. The number of nitrogens with one attached hydrogen (secondary N) is 1. The number of esters is 1. The highest BCUT2D eigenvalue weighted by Gasteiger charge is 2.03. The molecule has 0 radical (unpaired) electrons. The lowest BCUT2D eigenvalue weighted by molar-refractivity contribution is -0.145. The van der Waals surface area contributed by atoms with Crippen LogP contribution in [0.15, 0.2) is 30.3 Å². The minimum Gasteiger partial charge on any atom is -0.463 e. The zero-order chi connectivity index (χ0) is 18.9. The van der Waals surface area contributed by atoms with Crippen molar-refractivity contribution in [3.63, 3.8) is 0 Å². The molecule has 1 N–H and O–H groups in total. The van der Waals surface area contributed by atoms with E-state index in [0.29, 0.717) is 26.2 Å². The summed E-state index contributed by atoms with van der Waals surface area (Å²) in [6.45, 7) is 3.65. The van der Waals surface area contributed by atoms with Crippen molar-refractivity contribution in [2.24, 2.45) is 0 Å². The van der Waals surface area contributed by atoms with Gasteiger partial charge in [0.1, 0.15) is 13.2 Å². The van der Waals surface area contributed by atoms with Crippen LogP contribution >= 0.6 is 0 Å². The van der Waals surface area contributed by atoms with Gasteiger partial charge in [0.15, 0.2) is 0 Å². The van der Waals surface area contributed by atoms with Crippen molar-refractivity contribution >= 4 is 12.1 Å². The highest BCUT2D eigenvalue weighted by molar-refractivity contribution is 5.69. The molecule has 1 aromatic rings. The Balaban J connectivity index is 1.88. The Bertz CT molecular complexity index is 492. The van der Waals surface area contributed by atoms with E-state index in [2.05, 4.69) is 12.2 Å². The van der Waals surface area contributed by atoms with E-state index in [-0.39, 0.29) is 19.2 Å². The van der Waals surface area contributed by atoms with E-state index in [1.54, 1.807) is 0 Å². The molecule has 1 rings (SSSR count). The molecule has 6 nitrogen and oxygen atoms in total. The number of hydrogen-bond donors (Lipinski definition) is 1. The maximum atomic E-state index is 11.5. The lowest BCUT2D eigenvalue weighted by Gasteiger charge is -2.08. The van der Waals surface area contributed by atoms with E-state index in [1.165, 1.54) is 19.3 Å².